The Morgan fingerprint density at radius 2 is 1.68 bits per heavy atom. The van der Waals surface area contributed by atoms with Gasteiger partial charge < -0.3 is 14.5 Å². The summed E-state index contributed by atoms with van der Waals surface area (Å²) in [5, 5.41) is 5.10. The molecule has 1 aromatic rings. The van der Waals surface area contributed by atoms with Crippen LogP contribution in [-0.4, -0.2) is 107 Å². The number of aromatic nitrogens is 2. The number of hydrogen-bond donors (Lipinski definition) is 0. The molecule has 38 heavy (non-hydrogen) atoms. The molecule has 0 aromatic carbocycles. The molecular weight excluding hydrogens is 504 g/mol. The lowest BCUT2D eigenvalue weighted by atomic mass is 9.85. The average molecular weight is 551 g/mol. The number of anilines is 1. The number of fused-ring (bicyclic) bond motifs is 2. The fourth-order valence-electron chi connectivity index (χ4n) is 7.18. The number of nitrogens with zero attached hydrogens (tertiary/aromatic N) is 6. The molecule has 1 aromatic heterocycles. The molecule has 1 unspecified atom stereocenters. The molecular formula is C27H46N6O4S. The number of carbonyl (C=O) groups is 1. The number of sulfonamides is 1. The Bertz CT molecular complexity index is 1150. The molecule has 5 rings (SSSR count). The number of aryl methyl sites for hydroxylation is 1. The van der Waals surface area contributed by atoms with Crippen LogP contribution in [0.4, 0.5) is 10.6 Å². The second kappa shape index (κ2) is 9.66. The van der Waals surface area contributed by atoms with Crippen molar-refractivity contribution in [2.75, 3.05) is 43.9 Å². The van der Waals surface area contributed by atoms with Gasteiger partial charge in [-0.1, -0.05) is 0 Å². The van der Waals surface area contributed by atoms with E-state index in [1.165, 1.54) is 6.26 Å². The number of hydrogen-bond acceptors (Lipinski definition) is 7. The van der Waals surface area contributed by atoms with Gasteiger partial charge in [-0.2, -0.15) is 9.40 Å². The summed E-state index contributed by atoms with van der Waals surface area (Å²) in [6.45, 7) is 16.2. The monoisotopic (exact) mass is 550 g/mol. The van der Waals surface area contributed by atoms with Crippen molar-refractivity contribution in [1.29, 1.82) is 0 Å². The van der Waals surface area contributed by atoms with E-state index >= 15 is 0 Å². The zero-order chi connectivity index (χ0) is 27.6. The number of ether oxygens (including phenoxy) is 1. The lowest BCUT2D eigenvalue weighted by molar-refractivity contribution is 0.0184. The largest absolute Gasteiger partial charge is 0.444 e. The summed E-state index contributed by atoms with van der Waals surface area (Å²) in [5.74, 6) is 1.03. The van der Waals surface area contributed by atoms with E-state index in [-0.39, 0.29) is 23.7 Å². The Labute approximate surface area is 228 Å². The molecule has 4 aliphatic heterocycles. The van der Waals surface area contributed by atoms with Crippen molar-refractivity contribution >= 4 is 21.9 Å². The van der Waals surface area contributed by atoms with E-state index in [2.05, 4.69) is 41.3 Å². The van der Waals surface area contributed by atoms with E-state index in [9.17, 15) is 13.2 Å². The van der Waals surface area contributed by atoms with Crippen LogP contribution in [0.1, 0.15) is 78.5 Å². The van der Waals surface area contributed by atoms with Crippen LogP contribution in [0.3, 0.4) is 0 Å². The predicted octanol–water partition coefficient (Wildman–Crippen LogP) is 3.23. The van der Waals surface area contributed by atoms with Crippen molar-refractivity contribution in [1.82, 2.24) is 23.9 Å². The van der Waals surface area contributed by atoms with Gasteiger partial charge in [0.05, 0.1) is 12.3 Å². The predicted molar refractivity (Wildman–Crippen MR) is 148 cm³/mol. The molecule has 214 valence electrons. The van der Waals surface area contributed by atoms with E-state index < -0.39 is 15.6 Å². The number of piperazine rings is 1. The molecule has 1 amide bonds. The summed E-state index contributed by atoms with van der Waals surface area (Å²) < 4.78 is 33.7. The summed E-state index contributed by atoms with van der Waals surface area (Å²) in [6.07, 6.45) is 5.91. The Kier molecular flexibility index (Phi) is 7.04. The van der Waals surface area contributed by atoms with Crippen LogP contribution in [0, 0.1) is 6.92 Å². The molecule has 4 aliphatic rings. The molecule has 5 heterocycles. The van der Waals surface area contributed by atoms with Gasteiger partial charge in [0.1, 0.15) is 5.60 Å². The van der Waals surface area contributed by atoms with E-state index in [0.717, 1.165) is 56.7 Å². The van der Waals surface area contributed by atoms with Gasteiger partial charge >= 0.3 is 6.09 Å². The van der Waals surface area contributed by atoms with Crippen LogP contribution < -0.4 is 4.90 Å². The first-order valence-electron chi connectivity index (χ1n) is 14.2. The third-order valence-corrected chi connectivity index (χ3v) is 10.2. The molecule has 2 bridgehead atoms. The molecule has 4 fully saturated rings. The Morgan fingerprint density at radius 1 is 1.03 bits per heavy atom. The number of piperidine rings is 2. The highest BCUT2D eigenvalue weighted by Gasteiger charge is 2.50. The second-order valence-electron chi connectivity index (χ2n) is 13.5. The van der Waals surface area contributed by atoms with Gasteiger partial charge in [0.2, 0.25) is 10.0 Å². The fraction of sp³-hybridized carbons (Fsp3) is 0.852. The molecule has 4 saturated heterocycles. The summed E-state index contributed by atoms with van der Waals surface area (Å²) in [7, 11) is -3.12. The summed E-state index contributed by atoms with van der Waals surface area (Å²) in [5.41, 5.74) is 0.630. The third kappa shape index (κ3) is 5.43. The first-order chi connectivity index (χ1) is 17.6. The SMILES string of the molecule is Cc1cc(N2CCC(N3C[C@H]4C[C@@H]3CN4S(C)(=O)=O)CC2(C)C)nn1C1CCN(C(=O)OC(C)(C)C)CC1. The van der Waals surface area contributed by atoms with E-state index in [1.54, 1.807) is 4.31 Å². The van der Waals surface area contributed by atoms with Gasteiger partial charge in [-0.3, -0.25) is 9.58 Å². The van der Waals surface area contributed by atoms with Gasteiger partial charge in [0.25, 0.3) is 0 Å². The molecule has 0 radical (unpaired) electrons. The van der Waals surface area contributed by atoms with Crippen LogP contribution in [-0.2, 0) is 14.8 Å². The lowest BCUT2D eigenvalue weighted by Crippen LogP contribution is -2.59. The van der Waals surface area contributed by atoms with E-state index in [4.69, 9.17) is 9.84 Å². The van der Waals surface area contributed by atoms with Crippen LogP contribution in [0.5, 0.6) is 0 Å². The first-order valence-corrected chi connectivity index (χ1v) is 16.0. The van der Waals surface area contributed by atoms with E-state index in [1.807, 2.05) is 25.7 Å². The first kappa shape index (κ1) is 27.7. The van der Waals surface area contributed by atoms with Crippen LogP contribution in [0.15, 0.2) is 6.07 Å². The fourth-order valence-corrected chi connectivity index (χ4v) is 8.32. The highest BCUT2D eigenvalue weighted by atomic mass is 32.2. The van der Waals surface area contributed by atoms with Crippen molar-refractivity contribution in [2.45, 2.75) is 109 Å². The number of carbonyl (C=O) groups excluding carboxylic acids is 1. The number of amides is 1. The molecule has 0 saturated carbocycles. The van der Waals surface area contributed by atoms with Gasteiger partial charge in [0, 0.05) is 68.1 Å². The Hall–Kier alpha value is -1.85. The molecule has 0 spiro atoms. The van der Waals surface area contributed by atoms with Crippen LogP contribution in [0.25, 0.3) is 0 Å². The molecule has 10 nitrogen and oxygen atoms in total. The maximum atomic E-state index is 12.5. The van der Waals surface area contributed by atoms with Crippen molar-refractivity contribution in [3.8, 4) is 0 Å². The standard InChI is InChI=1S/C27H46N6O4S/c1-19-14-24(28-33(19)20-8-11-29(12-9-20)25(34)37-26(2,3)4)31-13-10-21(16-27(31,5)6)30-17-23-15-22(30)18-32(23)38(7,35)36/h14,20-23H,8-13,15-18H2,1-7H3/t21?,22-,23-/m1/s1. The van der Waals surface area contributed by atoms with Gasteiger partial charge in [-0.15, -0.1) is 0 Å². The number of likely N-dealkylation sites (tertiary alicyclic amines) is 2. The molecule has 11 heteroatoms. The lowest BCUT2D eigenvalue weighted by Gasteiger charge is -2.50. The van der Waals surface area contributed by atoms with Crippen molar-refractivity contribution in [2.24, 2.45) is 0 Å². The smallest absolute Gasteiger partial charge is 0.410 e. The van der Waals surface area contributed by atoms with Gasteiger partial charge in [0.15, 0.2) is 5.82 Å². The quantitative estimate of drug-likeness (QED) is 0.569. The topological polar surface area (TPSA) is 91.2 Å². The van der Waals surface area contributed by atoms with Crippen molar-refractivity contribution in [3.63, 3.8) is 0 Å². The summed E-state index contributed by atoms with van der Waals surface area (Å²) in [6, 6.07) is 3.44. The van der Waals surface area contributed by atoms with Gasteiger partial charge in [-0.25, -0.2) is 13.2 Å². The maximum Gasteiger partial charge on any atom is 0.410 e. The zero-order valence-electron chi connectivity index (χ0n) is 24.2. The summed E-state index contributed by atoms with van der Waals surface area (Å²) >= 11 is 0. The molecule has 0 N–H and O–H groups in total. The van der Waals surface area contributed by atoms with Crippen molar-refractivity contribution < 1.29 is 17.9 Å². The maximum absolute atomic E-state index is 12.5. The molecule has 3 atom stereocenters. The highest BCUT2D eigenvalue weighted by molar-refractivity contribution is 7.88. The zero-order valence-corrected chi connectivity index (χ0v) is 25.0. The second-order valence-corrected chi connectivity index (χ2v) is 15.4. The Morgan fingerprint density at radius 3 is 2.24 bits per heavy atom. The van der Waals surface area contributed by atoms with Crippen LogP contribution in [0.2, 0.25) is 0 Å². The average Bonchev–Trinajstić information content (AvgIpc) is 3.51. The highest BCUT2D eigenvalue weighted by Crippen LogP contribution is 2.40. The van der Waals surface area contributed by atoms with Crippen molar-refractivity contribution in [3.05, 3.63) is 11.8 Å². The minimum Gasteiger partial charge on any atom is -0.444 e. The molecule has 0 aliphatic carbocycles. The van der Waals surface area contributed by atoms with E-state index in [0.29, 0.717) is 31.7 Å². The minimum absolute atomic E-state index is 0.0486. The van der Waals surface area contributed by atoms with Gasteiger partial charge in [-0.05, 0) is 73.6 Å². The normalized spacial score (nSPS) is 29.3. The Balaban J connectivity index is 1.20. The van der Waals surface area contributed by atoms with Crippen LogP contribution >= 0.6 is 0 Å². The third-order valence-electron chi connectivity index (χ3n) is 8.93. The minimum atomic E-state index is -3.12. The summed E-state index contributed by atoms with van der Waals surface area (Å²) in [4.78, 5) is 19.3. The number of rotatable bonds is 4.